The summed E-state index contributed by atoms with van der Waals surface area (Å²) < 4.78 is 5.20. The first-order chi connectivity index (χ1) is 25.1. The van der Waals surface area contributed by atoms with E-state index in [1.807, 2.05) is 0 Å². The number of hydrogen-bond donors (Lipinski definition) is 5. The number of nitrogens with zero attached hydrogens (tertiary/aromatic N) is 3. The molecule has 1 unspecified atom stereocenters. The van der Waals surface area contributed by atoms with E-state index in [2.05, 4.69) is 31.1 Å². The van der Waals surface area contributed by atoms with Gasteiger partial charge >= 0.3 is 5.63 Å². The van der Waals surface area contributed by atoms with Crippen LogP contribution in [0.2, 0.25) is 0 Å². The number of piperazine rings is 1. The number of phenols is 1. The molecule has 2 saturated heterocycles. The molecule has 5 N–H and O–H groups in total. The summed E-state index contributed by atoms with van der Waals surface area (Å²) >= 11 is 0. The standard InChI is InChI=1S/C36H41N7O9/c44-23-7-9-28-22(19-23)20-25(36(51)52-28)32(47)39-13-14-41-15-17-42(18-16-41)21-30(46)38-12-3-1-2-11-37-26-6-4-5-24-31(26)35(50)43(34(24)49)27-8-10-29(45)40-33(27)48/h4-7,9,19-20,27,37,44H,1-3,8,10-18,21H2,(H,38,46)(H,39,47)(H,40,45,48). The van der Waals surface area contributed by atoms with E-state index in [0.29, 0.717) is 56.9 Å². The average molecular weight is 716 g/mol. The molecule has 52 heavy (non-hydrogen) atoms. The van der Waals surface area contributed by atoms with Crippen molar-refractivity contribution < 1.29 is 38.3 Å². The van der Waals surface area contributed by atoms with Gasteiger partial charge in [-0.25, -0.2) is 4.79 Å². The summed E-state index contributed by atoms with van der Waals surface area (Å²) in [5.74, 6) is -2.76. The highest BCUT2D eigenvalue weighted by atomic mass is 16.4. The minimum Gasteiger partial charge on any atom is -0.508 e. The number of carbonyl (C=O) groups excluding carboxylic acids is 6. The average Bonchev–Trinajstić information content (AvgIpc) is 3.37. The second kappa shape index (κ2) is 16.2. The van der Waals surface area contributed by atoms with E-state index >= 15 is 0 Å². The third-order valence-corrected chi connectivity index (χ3v) is 9.47. The van der Waals surface area contributed by atoms with Crippen molar-refractivity contribution in [1.82, 2.24) is 30.7 Å². The highest BCUT2D eigenvalue weighted by Gasteiger charge is 2.45. The topological polar surface area (TPSA) is 211 Å². The maximum Gasteiger partial charge on any atom is 0.349 e. The fourth-order valence-electron chi connectivity index (χ4n) is 6.66. The number of benzene rings is 2. The molecule has 6 amide bonds. The van der Waals surface area contributed by atoms with Crippen molar-refractivity contribution in [2.45, 2.75) is 38.1 Å². The minimum absolute atomic E-state index is 0.00326. The van der Waals surface area contributed by atoms with Gasteiger partial charge < -0.3 is 25.5 Å². The van der Waals surface area contributed by atoms with Gasteiger partial charge in [-0.2, -0.15) is 0 Å². The number of hydrogen-bond acceptors (Lipinski definition) is 12. The number of fused-ring (bicyclic) bond motifs is 2. The SMILES string of the molecule is O=C(CN1CCN(CCNC(=O)c2cc3cc(O)ccc3oc2=O)CC1)NCCCCCNc1cccc2c1C(=O)N(C1CCC(=O)NC1=O)C2=O. The quantitative estimate of drug-likeness (QED) is 0.0885. The zero-order valence-electron chi connectivity index (χ0n) is 28.6. The maximum absolute atomic E-state index is 13.2. The third-order valence-electron chi connectivity index (χ3n) is 9.47. The normalized spacial score (nSPS) is 18.0. The monoisotopic (exact) mass is 715 g/mol. The van der Waals surface area contributed by atoms with Crippen LogP contribution in [-0.4, -0.2) is 120 Å². The van der Waals surface area contributed by atoms with E-state index < -0.39 is 41.2 Å². The molecule has 3 aliphatic rings. The third kappa shape index (κ3) is 8.29. The van der Waals surface area contributed by atoms with Crippen LogP contribution < -0.4 is 26.9 Å². The smallest absolute Gasteiger partial charge is 0.349 e. The summed E-state index contributed by atoms with van der Waals surface area (Å²) in [4.78, 5) is 92.7. The second-order valence-electron chi connectivity index (χ2n) is 13.1. The van der Waals surface area contributed by atoms with Crippen molar-refractivity contribution in [3.63, 3.8) is 0 Å². The Morgan fingerprint density at radius 1 is 0.865 bits per heavy atom. The number of nitrogens with one attached hydrogen (secondary N) is 4. The van der Waals surface area contributed by atoms with Crippen LogP contribution in [0, 0.1) is 0 Å². The Morgan fingerprint density at radius 2 is 1.63 bits per heavy atom. The summed E-state index contributed by atoms with van der Waals surface area (Å²) in [5, 5.41) is 21.3. The van der Waals surface area contributed by atoms with Crippen LogP contribution in [0.25, 0.3) is 11.0 Å². The van der Waals surface area contributed by atoms with Gasteiger partial charge in [0.15, 0.2) is 0 Å². The van der Waals surface area contributed by atoms with Gasteiger partial charge in [-0.3, -0.25) is 48.8 Å². The molecule has 3 aromatic rings. The van der Waals surface area contributed by atoms with Crippen LogP contribution in [0.4, 0.5) is 5.69 Å². The van der Waals surface area contributed by atoms with Crippen molar-refractivity contribution >= 4 is 52.1 Å². The summed E-state index contributed by atoms with van der Waals surface area (Å²) in [6, 6.07) is 9.65. The van der Waals surface area contributed by atoms with Crippen molar-refractivity contribution in [3.8, 4) is 5.75 Å². The number of carbonyl (C=O) groups is 6. The molecule has 274 valence electrons. The lowest BCUT2D eigenvalue weighted by Crippen LogP contribution is -2.54. The van der Waals surface area contributed by atoms with Crippen LogP contribution in [0.5, 0.6) is 5.75 Å². The van der Waals surface area contributed by atoms with E-state index in [0.717, 1.165) is 37.3 Å². The second-order valence-corrected chi connectivity index (χ2v) is 13.1. The molecule has 3 aliphatic heterocycles. The Bertz CT molecular complexity index is 1950. The number of aromatic hydroxyl groups is 1. The van der Waals surface area contributed by atoms with Crippen LogP contribution in [-0.2, 0) is 14.4 Å². The van der Waals surface area contributed by atoms with Gasteiger partial charge in [0.2, 0.25) is 17.7 Å². The van der Waals surface area contributed by atoms with Crippen LogP contribution >= 0.6 is 0 Å². The zero-order valence-corrected chi connectivity index (χ0v) is 28.6. The van der Waals surface area contributed by atoms with E-state index in [1.165, 1.54) is 24.3 Å². The molecule has 4 heterocycles. The Morgan fingerprint density at radius 3 is 2.42 bits per heavy atom. The molecule has 16 heteroatoms. The van der Waals surface area contributed by atoms with Gasteiger partial charge in [0.1, 0.15) is 22.9 Å². The first-order valence-corrected chi connectivity index (χ1v) is 17.4. The Kier molecular flexibility index (Phi) is 11.2. The van der Waals surface area contributed by atoms with Gasteiger partial charge in [0.05, 0.1) is 17.7 Å². The number of amides is 6. The lowest BCUT2D eigenvalue weighted by molar-refractivity contribution is -0.136. The zero-order chi connectivity index (χ0) is 36.8. The minimum atomic E-state index is -1.02. The number of rotatable bonds is 14. The molecule has 0 bridgehead atoms. The molecule has 0 aliphatic carbocycles. The Labute approximate surface area is 298 Å². The molecule has 2 aromatic carbocycles. The molecular formula is C36H41N7O9. The lowest BCUT2D eigenvalue weighted by Gasteiger charge is -2.34. The summed E-state index contributed by atoms with van der Waals surface area (Å²) in [5.41, 5.74) is 0.386. The number of phenolic OH excluding ortho intramolecular Hbond substituents is 1. The van der Waals surface area contributed by atoms with Crippen molar-refractivity contribution in [3.05, 3.63) is 69.6 Å². The lowest BCUT2D eigenvalue weighted by atomic mass is 10.0. The van der Waals surface area contributed by atoms with Crippen LogP contribution in [0.3, 0.4) is 0 Å². The van der Waals surface area contributed by atoms with Crippen molar-refractivity contribution in [2.75, 3.05) is 64.2 Å². The molecular weight excluding hydrogens is 674 g/mol. The molecule has 1 aromatic heterocycles. The van der Waals surface area contributed by atoms with E-state index in [4.69, 9.17) is 4.42 Å². The van der Waals surface area contributed by atoms with Crippen LogP contribution in [0.15, 0.2) is 51.7 Å². The molecule has 6 rings (SSSR count). The summed E-state index contributed by atoms with van der Waals surface area (Å²) in [6.07, 6.45) is 2.51. The van der Waals surface area contributed by atoms with E-state index in [9.17, 15) is 38.7 Å². The van der Waals surface area contributed by atoms with Gasteiger partial charge in [-0.05, 0) is 62.1 Å². The first-order valence-electron chi connectivity index (χ1n) is 17.4. The number of unbranched alkanes of at least 4 members (excludes halogenated alkanes) is 2. The largest absolute Gasteiger partial charge is 0.508 e. The summed E-state index contributed by atoms with van der Waals surface area (Å²) in [6.45, 7) is 5.15. The number of anilines is 1. The predicted octanol–water partition coefficient (Wildman–Crippen LogP) is 0.646. The highest BCUT2D eigenvalue weighted by molar-refractivity contribution is 6.25. The van der Waals surface area contributed by atoms with Crippen molar-refractivity contribution in [2.24, 2.45) is 0 Å². The van der Waals surface area contributed by atoms with Gasteiger partial charge in [0.25, 0.3) is 17.7 Å². The van der Waals surface area contributed by atoms with E-state index in [1.54, 1.807) is 18.2 Å². The Hall–Kier alpha value is -5.61. The fourth-order valence-corrected chi connectivity index (χ4v) is 6.66. The van der Waals surface area contributed by atoms with Gasteiger partial charge in [0, 0.05) is 69.9 Å². The van der Waals surface area contributed by atoms with Crippen molar-refractivity contribution in [1.29, 1.82) is 0 Å². The van der Waals surface area contributed by atoms with Crippen LogP contribution in [0.1, 0.15) is 63.2 Å². The molecule has 0 saturated carbocycles. The van der Waals surface area contributed by atoms with Gasteiger partial charge in [-0.15, -0.1) is 0 Å². The molecule has 0 spiro atoms. The number of piperidine rings is 1. The fraction of sp³-hybridized carbons (Fsp3) is 0.417. The first kappa shape index (κ1) is 36.2. The maximum atomic E-state index is 13.2. The Balaban J connectivity index is 0.836. The van der Waals surface area contributed by atoms with E-state index in [-0.39, 0.29) is 46.8 Å². The number of imide groups is 2. The molecule has 0 radical (unpaired) electrons. The molecule has 2 fully saturated rings. The summed E-state index contributed by atoms with van der Waals surface area (Å²) in [7, 11) is 0. The van der Waals surface area contributed by atoms with Gasteiger partial charge in [-0.1, -0.05) is 6.07 Å². The highest BCUT2D eigenvalue weighted by Crippen LogP contribution is 2.32. The predicted molar refractivity (Wildman–Crippen MR) is 188 cm³/mol. The molecule has 16 nitrogen and oxygen atoms in total. The molecule has 1 atom stereocenters.